The normalized spacial score (nSPS) is 13.0. The molecule has 4 aromatic carbocycles. The van der Waals surface area contributed by atoms with Gasteiger partial charge in [0.1, 0.15) is 11.2 Å². The van der Waals surface area contributed by atoms with Gasteiger partial charge < -0.3 is 28.1 Å². The summed E-state index contributed by atoms with van der Waals surface area (Å²) in [6.07, 6.45) is 5.63. The topological polar surface area (TPSA) is 64.1 Å². The third-order valence-corrected chi connectivity index (χ3v) is 6.81. The van der Waals surface area contributed by atoms with Crippen molar-refractivity contribution in [1.82, 2.24) is 9.88 Å². The summed E-state index contributed by atoms with van der Waals surface area (Å²) in [6, 6.07) is 31.7. The van der Waals surface area contributed by atoms with Crippen molar-refractivity contribution >= 4 is 49.6 Å². The number of hydrogen-bond donors (Lipinski definition) is 0. The molecule has 0 N–H and O–H groups in total. The van der Waals surface area contributed by atoms with Gasteiger partial charge in [0, 0.05) is 55.8 Å². The summed E-state index contributed by atoms with van der Waals surface area (Å²) in [4.78, 5) is 8.26. The van der Waals surface area contributed by atoms with Gasteiger partial charge in [-0.05, 0) is 43.0 Å². The van der Waals surface area contributed by atoms with Gasteiger partial charge in [0.05, 0.1) is 11.3 Å². The van der Waals surface area contributed by atoms with Crippen LogP contribution in [0, 0.1) is 18.8 Å². The number of fused-ring (bicyclic) bond motifs is 6. The minimum Gasteiger partial charge on any atom is -0.512 e. The maximum Gasteiger partial charge on any atom is 0.216 e. The zero-order valence-corrected chi connectivity index (χ0v) is 23.9. The number of nitrogens with zero attached hydrogens (tertiary/aromatic N) is 3. The first-order chi connectivity index (χ1) is 19.7. The van der Waals surface area contributed by atoms with E-state index in [9.17, 15) is 0 Å². The Bertz CT molecular complexity index is 2080. The number of hydrogen-bond acceptors (Lipinski definition) is 7. The Labute approximate surface area is 249 Å². The number of anilines is 1. The molecule has 8 rings (SSSR count). The van der Waals surface area contributed by atoms with Gasteiger partial charge >= 0.3 is 0 Å². The van der Waals surface area contributed by atoms with Gasteiger partial charge in [-0.15, -0.1) is 12.1 Å². The van der Waals surface area contributed by atoms with Crippen LogP contribution in [0.2, 0.25) is 0 Å². The number of ether oxygens (including phenoxy) is 2. The fourth-order valence-electron chi connectivity index (χ4n) is 5.05. The van der Waals surface area contributed by atoms with E-state index in [0.717, 1.165) is 38.4 Å². The Hall–Kier alpha value is -4.74. The molecule has 0 saturated carbocycles. The standard InChI is InChI=1S/C33H20N3O4.Pt/c1-35-14-15-36(20-35)26-17-22(18-29-32(26)24-9-3-5-11-28(24)39-29)37-30-19-21(38-31-12-6-7-13-34-31)16-25-23-8-2-4-10-27(23)40-33(25)30;/h2-16,18,20H,1H3;/q-3;. The number of pyridine rings is 1. The van der Waals surface area contributed by atoms with E-state index >= 15 is 0 Å². The Morgan fingerprint density at radius 2 is 1.51 bits per heavy atom. The van der Waals surface area contributed by atoms with Crippen molar-refractivity contribution in [2.75, 3.05) is 11.9 Å². The van der Waals surface area contributed by atoms with Crippen molar-refractivity contribution in [3.8, 4) is 23.1 Å². The summed E-state index contributed by atoms with van der Waals surface area (Å²) >= 11 is 0. The number of aromatic nitrogens is 1. The molecule has 0 atom stereocenters. The molecule has 0 unspecified atom stereocenters. The molecule has 4 heterocycles. The molecule has 0 aliphatic carbocycles. The van der Waals surface area contributed by atoms with Gasteiger partial charge in [0.25, 0.3) is 0 Å². The van der Waals surface area contributed by atoms with Crippen LogP contribution in [-0.4, -0.2) is 16.9 Å². The van der Waals surface area contributed by atoms with Crippen LogP contribution in [0.3, 0.4) is 0 Å². The van der Waals surface area contributed by atoms with Crippen LogP contribution in [0.5, 0.6) is 23.1 Å². The van der Waals surface area contributed by atoms with Crippen LogP contribution < -0.4 is 14.4 Å². The van der Waals surface area contributed by atoms with Gasteiger partial charge in [0.15, 0.2) is 0 Å². The monoisotopic (exact) mass is 717 g/mol. The molecule has 0 fully saturated rings. The average Bonchev–Trinajstić information content (AvgIpc) is 3.68. The van der Waals surface area contributed by atoms with Crippen molar-refractivity contribution in [3.05, 3.63) is 116 Å². The van der Waals surface area contributed by atoms with Crippen LogP contribution in [0.25, 0.3) is 43.9 Å². The van der Waals surface area contributed by atoms with Crippen LogP contribution in [0.15, 0.2) is 106 Å². The fourth-order valence-corrected chi connectivity index (χ4v) is 5.05. The number of furan rings is 2. The molecular weight excluding hydrogens is 697 g/mol. The molecule has 8 heteroatoms. The predicted molar refractivity (Wildman–Crippen MR) is 153 cm³/mol. The molecule has 3 aromatic heterocycles. The molecule has 0 spiro atoms. The zero-order valence-electron chi connectivity index (χ0n) is 21.6. The minimum atomic E-state index is 0. The largest absolute Gasteiger partial charge is 0.512 e. The van der Waals surface area contributed by atoms with Gasteiger partial charge in [-0.1, -0.05) is 71.1 Å². The second-order valence-electron chi connectivity index (χ2n) is 9.48. The van der Waals surface area contributed by atoms with E-state index in [0.29, 0.717) is 34.3 Å². The molecule has 204 valence electrons. The Balaban J connectivity index is 0.00000276. The first-order valence-electron chi connectivity index (χ1n) is 12.7. The minimum absolute atomic E-state index is 0. The van der Waals surface area contributed by atoms with E-state index in [1.54, 1.807) is 12.3 Å². The van der Waals surface area contributed by atoms with Crippen LogP contribution in [-0.2, 0) is 21.1 Å². The second-order valence-corrected chi connectivity index (χ2v) is 9.48. The maximum atomic E-state index is 6.49. The van der Waals surface area contributed by atoms with Crippen molar-refractivity contribution in [1.29, 1.82) is 0 Å². The van der Waals surface area contributed by atoms with Gasteiger partial charge in [-0.3, -0.25) is 0 Å². The Kier molecular flexibility index (Phi) is 6.17. The molecule has 0 saturated heterocycles. The van der Waals surface area contributed by atoms with Crippen molar-refractivity contribution in [2.24, 2.45) is 0 Å². The molecule has 7 aromatic rings. The van der Waals surface area contributed by atoms with Crippen molar-refractivity contribution in [2.45, 2.75) is 0 Å². The maximum absolute atomic E-state index is 6.49. The number of benzene rings is 4. The average molecular weight is 718 g/mol. The molecular formula is C33H20N3O4Pt-3. The van der Waals surface area contributed by atoms with Gasteiger partial charge in [-0.25, -0.2) is 4.98 Å². The van der Waals surface area contributed by atoms with Crippen molar-refractivity contribution in [3.63, 3.8) is 0 Å². The Morgan fingerprint density at radius 3 is 2.29 bits per heavy atom. The molecule has 7 nitrogen and oxygen atoms in total. The molecule has 0 radical (unpaired) electrons. The van der Waals surface area contributed by atoms with E-state index < -0.39 is 0 Å². The van der Waals surface area contributed by atoms with Gasteiger partial charge in [0.2, 0.25) is 5.88 Å². The Morgan fingerprint density at radius 1 is 0.756 bits per heavy atom. The third kappa shape index (κ3) is 4.39. The molecule has 0 amide bonds. The molecule has 1 aliphatic heterocycles. The summed E-state index contributed by atoms with van der Waals surface area (Å²) in [7, 11) is 1.97. The molecule has 41 heavy (non-hydrogen) atoms. The second kappa shape index (κ2) is 10.0. The van der Waals surface area contributed by atoms with Crippen molar-refractivity contribution < 1.29 is 39.4 Å². The van der Waals surface area contributed by atoms with E-state index in [1.807, 2.05) is 109 Å². The first-order valence-corrected chi connectivity index (χ1v) is 12.7. The molecule has 1 aliphatic rings. The van der Waals surface area contributed by atoms with Crippen LogP contribution in [0.4, 0.5) is 5.69 Å². The smallest absolute Gasteiger partial charge is 0.216 e. The van der Waals surface area contributed by atoms with Crippen LogP contribution >= 0.6 is 0 Å². The SMILES string of the molecule is CN1C=CN(c2[c-]c(Oc3[c-]c(Oc4ccccn4)cc4c3oc3ccccc34)cc3oc4ccccc4c23)[CH-]1.[Pt]. The number of para-hydroxylation sites is 2. The first kappa shape index (κ1) is 25.2. The zero-order chi connectivity index (χ0) is 26.6. The summed E-state index contributed by atoms with van der Waals surface area (Å²) < 4.78 is 25.0. The van der Waals surface area contributed by atoms with E-state index in [-0.39, 0.29) is 21.1 Å². The van der Waals surface area contributed by atoms with E-state index in [4.69, 9.17) is 18.3 Å². The molecule has 0 bridgehead atoms. The van der Waals surface area contributed by atoms with E-state index in [1.165, 1.54) is 0 Å². The fraction of sp³-hybridized carbons (Fsp3) is 0.0303. The summed E-state index contributed by atoms with van der Waals surface area (Å²) in [5, 5.41) is 3.74. The third-order valence-electron chi connectivity index (χ3n) is 6.81. The van der Waals surface area contributed by atoms with Gasteiger partial charge in [-0.2, -0.15) is 6.67 Å². The van der Waals surface area contributed by atoms with Crippen LogP contribution in [0.1, 0.15) is 0 Å². The quantitative estimate of drug-likeness (QED) is 0.166. The number of rotatable bonds is 5. The predicted octanol–water partition coefficient (Wildman–Crippen LogP) is 8.41. The summed E-state index contributed by atoms with van der Waals surface area (Å²) in [5.41, 5.74) is 3.57. The van der Waals surface area contributed by atoms with E-state index in [2.05, 4.69) is 17.1 Å². The summed E-state index contributed by atoms with van der Waals surface area (Å²) in [5.74, 6) is 1.73. The summed E-state index contributed by atoms with van der Waals surface area (Å²) in [6.45, 7) is 1.97.